The average molecular weight is 141 g/mol. The topological polar surface area (TPSA) is 20.2 Å². The summed E-state index contributed by atoms with van der Waals surface area (Å²) in [6.45, 7) is 0. The third-order valence-corrected chi connectivity index (χ3v) is 2.12. The second-order valence-electron chi connectivity index (χ2n) is 1.82. The van der Waals surface area contributed by atoms with E-state index in [-0.39, 0.29) is 0 Å². The Hall–Kier alpha value is 0.540. The van der Waals surface area contributed by atoms with Gasteiger partial charge in [0.05, 0.1) is 6.10 Å². The quantitative estimate of drug-likeness (QED) is 0.504. The summed E-state index contributed by atoms with van der Waals surface area (Å²) in [5.41, 5.74) is 0. The number of aliphatic hydroxyl groups excluding tert-OH is 1. The van der Waals surface area contributed by atoms with E-state index in [1.165, 1.54) is 0 Å². The molecule has 1 aliphatic rings. The predicted molar refractivity (Wildman–Crippen MR) is 29.7 cm³/mol. The minimum atomic E-state index is -0.819. The average Bonchev–Trinajstić information content (AvgIpc) is 1.63. The highest BCUT2D eigenvalue weighted by Crippen LogP contribution is 2.41. The van der Waals surface area contributed by atoms with Gasteiger partial charge in [0.15, 0.2) is 0 Å². The molecule has 0 bridgehead atoms. The molecule has 0 radical (unpaired) electrons. The molecule has 0 aliphatic heterocycles. The van der Waals surface area contributed by atoms with E-state index in [0.29, 0.717) is 0 Å². The second kappa shape index (κ2) is 1.51. The van der Waals surface area contributed by atoms with E-state index in [1.54, 1.807) is 0 Å². The highest BCUT2D eigenvalue weighted by atomic mass is 35.5. The lowest BCUT2D eigenvalue weighted by atomic mass is 9.95. The maximum Gasteiger partial charge on any atom is 0.144 e. The van der Waals surface area contributed by atoms with Crippen LogP contribution in [0.25, 0.3) is 0 Å². The lowest BCUT2D eigenvalue weighted by molar-refractivity contribution is 0.0823. The number of hydrogen-bond donors (Lipinski definition) is 1. The number of rotatable bonds is 0. The zero-order valence-corrected chi connectivity index (χ0v) is 5.21. The summed E-state index contributed by atoms with van der Waals surface area (Å²) in [6, 6.07) is 0. The monoisotopic (exact) mass is 140 g/mol. The molecule has 3 heteroatoms. The predicted octanol–water partition coefficient (Wildman–Crippen LogP) is 1.31. The molecule has 0 amide bonds. The molecule has 0 spiro atoms. The summed E-state index contributed by atoms with van der Waals surface area (Å²) in [5.74, 6) is 0. The van der Waals surface area contributed by atoms with Crippen molar-refractivity contribution in [3.63, 3.8) is 0 Å². The van der Waals surface area contributed by atoms with Gasteiger partial charge in [-0.2, -0.15) is 0 Å². The number of aliphatic hydroxyl groups is 1. The first-order valence-electron chi connectivity index (χ1n) is 2.19. The SMILES string of the molecule is OC1CCC1(Cl)Cl. The van der Waals surface area contributed by atoms with Gasteiger partial charge in [0.25, 0.3) is 0 Å². The van der Waals surface area contributed by atoms with E-state index in [0.717, 1.165) is 12.8 Å². The Balaban J connectivity index is 2.43. The Kier molecular flexibility index (Phi) is 1.22. The Morgan fingerprint density at radius 3 is 2.00 bits per heavy atom. The van der Waals surface area contributed by atoms with E-state index in [9.17, 15) is 0 Å². The first-order valence-corrected chi connectivity index (χ1v) is 2.94. The van der Waals surface area contributed by atoms with Gasteiger partial charge in [-0.3, -0.25) is 0 Å². The van der Waals surface area contributed by atoms with Gasteiger partial charge >= 0.3 is 0 Å². The fourth-order valence-corrected chi connectivity index (χ4v) is 0.928. The Morgan fingerprint density at radius 1 is 1.57 bits per heavy atom. The molecule has 1 fully saturated rings. The van der Waals surface area contributed by atoms with Crippen LogP contribution in [-0.2, 0) is 0 Å². The summed E-state index contributed by atoms with van der Waals surface area (Å²) in [4.78, 5) is 0. The standard InChI is InChI=1S/C4H6Cl2O/c5-4(6)2-1-3(4)7/h3,7H,1-2H2. The molecule has 0 aromatic carbocycles. The van der Waals surface area contributed by atoms with Crippen molar-refractivity contribution in [3.05, 3.63) is 0 Å². The van der Waals surface area contributed by atoms with E-state index < -0.39 is 10.4 Å². The molecule has 1 saturated carbocycles. The van der Waals surface area contributed by atoms with Gasteiger partial charge in [0.1, 0.15) is 4.33 Å². The molecule has 1 rings (SSSR count). The minimum Gasteiger partial charge on any atom is -0.390 e. The van der Waals surface area contributed by atoms with Crippen LogP contribution in [0, 0.1) is 0 Å². The lowest BCUT2D eigenvalue weighted by Crippen LogP contribution is -2.41. The van der Waals surface area contributed by atoms with E-state index in [1.807, 2.05) is 0 Å². The van der Waals surface area contributed by atoms with Crippen LogP contribution in [0.1, 0.15) is 12.8 Å². The molecule has 0 heterocycles. The Bertz CT molecular complexity index is 81.8. The highest BCUT2D eigenvalue weighted by molar-refractivity contribution is 6.49. The summed E-state index contributed by atoms with van der Waals surface area (Å²) in [5, 5.41) is 8.71. The molecule has 1 aliphatic carbocycles. The van der Waals surface area contributed by atoms with Gasteiger partial charge in [-0.15, -0.1) is 0 Å². The normalized spacial score (nSPS) is 37.3. The molecule has 42 valence electrons. The third kappa shape index (κ3) is 0.857. The fraction of sp³-hybridized carbons (Fsp3) is 1.00. The first-order chi connectivity index (χ1) is 3.13. The van der Waals surface area contributed by atoms with Gasteiger partial charge in [-0.1, -0.05) is 23.2 Å². The maximum absolute atomic E-state index is 8.71. The van der Waals surface area contributed by atoms with Crippen LogP contribution in [0.2, 0.25) is 0 Å². The summed E-state index contributed by atoms with van der Waals surface area (Å²) in [6.07, 6.45) is 0.973. The van der Waals surface area contributed by atoms with Crippen molar-refractivity contribution in [2.24, 2.45) is 0 Å². The van der Waals surface area contributed by atoms with Crippen molar-refractivity contribution in [3.8, 4) is 0 Å². The van der Waals surface area contributed by atoms with Crippen LogP contribution in [0.5, 0.6) is 0 Å². The van der Waals surface area contributed by atoms with Crippen molar-refractivity contribution in [1.82, 2.24) is 0 Å². The number of halogens is 2. The van der Waals surface area contributed by atoms with Gasteiger partial charge in [-0.25, -0.2) is 0 Å². The zero-order chi connectivity index (χ0) is 5.49. The van der Waals surface area contributed by atoms with E-state index in [4.69, 9.17) is 28.3 Å². The van der Waals surface area contributed by atoms with Gasteiger partial charge in [-0.05, 0) is 12.8 Å². The largest absolute Gasteiger partial charge is 0.390 e. The van der Waals surface area contributed by atoms with Crippen molar-refractivity contribution in [2.45, 2.75) is 23.3 Å². The summed E-state index contributed by atoms with van der Waals surface area (Å²) in [7, 11) is 0. The van der Waals surface area contributed by atoms with Crippen LogP contribution >= 0.6 is 23.2 Å². The Morgan fingerprint density at radius 2 is 2.00 bits per heavy atom. The van der Waals surface area contributed by atoms with Crippen LogP contribution in [0.4, 0.5) is 0 Å². The summed E-state index contributed by atoms with van der Waals surface area (Å²) >= 11 is 10.9. The van der Waals surface area contributed by atoms with Gasteiger partial charge in [0.2, 0.25) is 0 Å². The zero-order valence-electron chi connectivity index (χ0n) is 3.69. The molecule has 1 nitrogen and oxygen atoms in total. The number of hydrogen-bond acceptors (Lipinski definition) is 1. The molecule has 7 heavy (non-hydrogen) atoms. The Labute approximate surface area is 52.2 Å². The molecule has 0 saturated heterocycles. The number of alkyl halides is 2. The maximum atomic E-state index is 8.71. The van der Waals surface area contributed by atoms with Crippen molar-refractivity contribution in [2.75, 3.05) is 0 Å². The highest BCUT2D eigenvalue weighted by Gasteiger charge is 2.42. The second-order valence-corrected chi connectivity index (χ2v) is 3.36. The minimum absolute atomic E-state index is 0.490. The van der Waals surface area contributed by atoms with Crippen molar-refractivity contribution in [1.29, 1.82) is 0 Å². The molecule has 0 aromatic rings. The van der Waals surface area contributed by atoms with E-state index >= 15 is 0 Å². The summed E-state index contributed by atoms with van der Waals surface area (Å²) < 4.78 is -0.819. The molecule has 1 N–H and O–H groups in total. The van der Waals surface area contributed by atoms with Crippen LogP contribution < -0.4 is 0 Å². The van der Waals surface area contributed by atoms with Crippen LogP contribution in [0.15, 0.2) is 0 Å². The van der Waals surface area contributed by atoms with Gasteiger partial charge in [0, 0.05) is 0 Å². The fourth-order valence-electron chi connectivity index (χ4n) is 0.492. The smallest absolute Gasteiger partial charge is 0.144 e. The van der Waals surface area contributed by atoms with Crippen LogP contribution in [0.3, 0.4) is 0 Å². The lowest BCUT2D eigenvalue weighted by Gasteiger charge is -2.35. The third-order valence-electron chi connectivity index (χ3n) is 1.24. The van der Waals surface area contributed by atoms with Gasteiger partial charge < -0.3 is 5.11 Å². The van der Waals surface area contributed by atoms with Crippen molar-refractivity contribution < 1.29 is 5.11 Å². The van der Waals surface area contributed by atoms with Crippen LogP contribution in [-0.4, -0.2) is 15.5 Å². The molecule has 0 aromatic heterocycles. The first kappa shape index (κ1) is 5.67. The molecular weight excluding hydrogens is 135 g/mol. The molecule has 1 atom stereocenters. The van der Waals surface area contributed by atoms with Crippen molar-refractivity contribution >= 4 is 23.2 Å². The molecular formula is C4H6Cl2O. The van der Waals surface area contributed by atoms with E-state index in [2.05, 4.69) is 0 Å². The molecule has 1 unspecified atom stereocenters.